The molecule has 3 nitrogen and oxygen atoms in total. The molecule has 0 saturated carbocycles. The second kappa shape index (κ2) is 14.6. The summed E-state index contributed by atoms with van der Waals surface area (Å²) >= 11 is 0. The van der Waals surface area contributed by atoms with Gasteiger partial charge in [0.05, 0.1) is 19.3 Å². The number of hydrogen-bond donors (Lipinski definition) is 0. The first-order chi connectivity index (χ1) is 12.7. The Bertz CT molecular complexity index is 496. The Morgan fingerprint density at radius 2 is 1.38 bits per heavy atom. The van der Waals surface area contributed by atoms with Crippen molar-refractivity contribution in [3.05, 3.63) is 29.3 Å². The molecule has 148 valence electrons. The molecule has 26 heavy (non-hydrogen) atoms. The smallest absolute Gasteiger partial charge is 0.338 e. The second-order valence-corrected chi connectivity index (χ2v) is 7.21. The number of unbranched alkanes of at least 4 members (excludes halogenated alkanes) is 11. The van der Waals surface area contributed by atoms with Crippen LogP contribution in [-0.2, 0) is 4.74 Å². The van der Waals surface area contributed by atoms with E-state index < -0.39 is 0 Å². The number of aryl methyl sites for hydroxylation is 1. The highest BCUT2D eigenvalue weighted by Gasteiger charge is 2.09. The zero-order valence-electron chi connectivity index (χ0n) is 17.1. The summed E-state index contributed by atoms with van der Waals surface area (Å²) in [7, 11) is 1.63. The fourth-order valence-corrected chi connectivity index (χ4v) is 3.20. The second-order valence-electron chi connectivity index (χ2n) is 7.21. The molecule has 0 spiro atoms. The van der Waals surface area contributed by atoms with Gasteiger partial charge in [0.15, 0.2) is 0 Å². The van der Waals surface area contributed by atoms with Gasteiger partial charge in [-0.1, -0.05) is 77.6 Å². The molecule has 0 bridgehead atoms. The topological polar surface area (TPSA) is 35.5 Å². The van der Waals surface area contributed by atoms with Crippen molar-refractivity contribution in [3.8, 4) is 5.75 Å². The zero-order chi connectivity index (χ0) is 19.0. The van der Waals surface area contributed by atoms with Crippen molar-refractivity contribution >= 4 is 5.97 Å². The van der Waals surface area contributed by atoms with E-state index in [2.05, 4.69) is 6.92 Å². The standard InChI is InChI=1S/C23H38O3/c1-4-5-6-7-8-9-10-11-12-13-14-15-18-26-23(24)21-16-17-22(25-3)20(2)19-21/h16-17,19H,4-15,18H2,1-3H3. The minimum atomic E-state index is -0.237. The number of carbonyl (C=O) groups is 1. The normalized spacial score (nSPS) is 10.7. The van der Waals surface area contributed by atoms with E-state index in [9.17, 15) is 4.79 Å². The van der Waals surface area contributed by atoms with Gasteiger partial charge in [0.1, 0.15) is 5.75 Å². The highest BCUT2D eigenvalue weighted by Crippen LogP contribution is 2.19. The van der Waals surface area contributed by atoms with Crippen LogP contribution < -0.4 is 4.74 Å². The quantitative estimate of drug-likeness (QED) is 0.252. The third-order valence-corrected chi connectivity index (χ3v) is 4.86. The van der Waals surface area contributed by atoms with Crippen molar-refractivity contribution in [1.82, 2.24) is 0 Å². The Morgan fingerprint density at radius 1 is 0.846 bits per heavy atom. The summed E-state index contributed by atoms with van der Waals surface area (Å²) in [6.07, 6.45) is 15.7. The fraction of sp³-hybridized carbons (Fsp3) is 0.696. The van der Waals surface area contributed by atoms with E-state index in [4.69, 9.17) is 9.47 Å². The van der Waals surface area contributed by atoms with Gasteiger partial charge in [-0.3, -0.25) is 0 Å². The number of esters is 1. The lowest BCUT2D eigenvalue weighted by Gasteiger charge is -2.08. The number of ether oxygens (including phenoxy) is 2. The summed E-state index contributed by atoms with van der Waals surface area (Å²) in [6, 6.07) is 5.40. The molecule has 0 amide bonds. The van der Waals surface area contributed by atoms with Crippen molar-refractivity contribution in [2.75, 3.05) is 13.7 Å². The summed E-state index contributed by atoms with van der Waals surface area (Å²) in [5.41, 5.74) is 1.55. The SMILES string of the molecule is CCCCCCCCCCCCCCOC(=O)c1ccc(OC)c(C)c1. The number of carbonyl (C=O) groups excluding carboxylic acids is 1. The van der Waals surface area contributed by atoms with Crippen molar-refractivity contribution < 1.29 is 14.3 Å². The third-order valence-electron chi connectivity index (χ3n) is 4.86. The number of benzene rings is 1. The average molecular weight is 363 g/mol. The molecule has 0 aromatic heterocycles. The van der Waals surface area contributed by atoms with Crippen LogP contribution in [0.15, 0.2) is 18.2 Å². The molecule has 3 heteroatoms. The maximum absolute atomic E-state index is 12.0. The Kier molecular flexibility index (Phi) is 12.7. The predicted octanol–water partition coefficient (Wildman–Crippen LogP) is 6.86. The minimum Gasteiger partial charge on any atom is -0.496 e. The van der Waals surface area contributed by atoms with Crippen LogP contribution in [0.1, 0.15) is 99.9 Å². The van der Waals surface area contributed by atoms with Gasteiger partial charge in [-0.25, -0.2) is 4.79 Å². The van der Waals surface area contributed by atoms with Gasteiger partial charge in [-0.2, -0.15) is 0 Å². The van der Waals surface area contributed by atoms with Crippen molar-refractivity contribution in [2.45, 2.75) is 90.9 Å². The lowest BCUT2D eigenvalue weighted by Crippen LogP contribution is -2.07. The van der Waals surface area contributed by atoms with Gasteiger partial charge in [-0.15, -0.1) is 0 Å². The first kappa shape index (κ1) is 22.5. The first-order valence-electron chi connectivity index (χ1n) is 10.5. The van der Waals surface area contributed by atoms with E-state index in [-0.39, 0.29) is 5.97 Å². The maximum Gasteiger partial charge on any atom is 0.338 e. The van der Waals surface area contributed by atoms with E-state index in [1.54, 1.807) is 13.2 Å². The van der Waals surface area contributed by atoms with Crippen LogP contribution in [0, 0.1) is 6.92 Å². The highest BCUT2D eigenvalue weighted by molar-refractivity contribution is 5.89. The third kappa shape index (κ3) is 9.84. The molecule has 0 saturated heterocycles. The highest BCUT2D eigenvalue weighted by atomic mass is 16.5. The zero-order valence-corrected chi connectivity index (χ0v) is 17.1. The van der Waals surface area contributed by atoms with Crippen molar-refractivity contribution in [3.63, 3.8) is 0 Å². The molecular weight excluding hydrogens is 324 g/mol. The fourth-order valence-electron chi connectivity index (χ4n) is 3.20. The molecule has 1 aromatic carbocycles. The van der Waals surface area contributed by atoms with Crippen LogP contribution in [-0.4, -0.2) is 19.7 Å². The van der Waals surface area contributed by atoms with Crippen LogP contribution >= 0.6 is 0 Å². The summed E-state index contributed by atoms with van der Waals surface area (Å²) in [5.74, 6) is 0.557. The lowest BCUT2D eigenvalue weighted by atomic mass is 10.1. The van der Waals surface area contributed by atoms with E-state index in [0.29, 0.717) is 12.2 Å². The van der Waals surface area contributed by atoms with Crippen molar-refractivity contribution in [1.29, 1.82) is 0 Å². The monoisotopic (exact) mass is 362 g/mol. The number of methoxy groups -OCH3 is 1. The molecule has 0 unspecified atom stereocenters. The molecule has 0 aliphatic rings. The van der Waals surface area contributed by atoms with Gasteiger partial charge < -0.3 is 9.47 Å². The first-order valence-corrected chi connectivity index (χ1v) is 10.5. The van der Waals surface area contributed by atoms with Crippen LogP contribution in [0.5, 0.6) is 5.75 Å². The molecule has 0 aliphatic heterocycles. The van der Waals surface area contributed by atoms with Gasteiger partial charge >= 0.3 is 5.97 Å². The Hall–Kier alpha value is -1.51. The molecule has 0 N–H and O–H groups in total. The van der Waals surface area contributed by atoms with Crippen LogP contribution in [0.2, 0.25) is 0 Å². The summed E-state index contributed by atoms with van der Waals surface area (Å²) < 4.78 is 10.6. The largest absolute Gasteiger partial charge is 0.496 e. The van der Waals surface area contributed by atoms with E-state index in [1.165, 1.54) is 64.2 Å². The molecular formula is C23H38O3. The number of rotatable bonds is 15. The molecule has 1 aromatic rings. The van der Waals surface area contributed by atoms with E-state index in [0.717, 1.165) is 24.2 Å². The maximum atomic E-state index is 12.0. The molecule has 1 rings (SSSR count). The Morgan fingerprint density at radius 3 is 1.88 bits per heavy atom. The summed E-state index contributed by atoms with van der Waals surface area (Å²) in [6.45, 7) is 4.71. The van der Waals surface area contributed by atoms with Gasteiger partial charge in [0.2, 0.25) is 0 Å². The van der Waals surface area contributed by atoms with Gasteiger partial charge in [-0.05, 0) is 37.1 Å². The lowest BCUT2D eigenvalue weighted by molar-refractivity contribution is 0.0497. The average Bonchev–Trinajstić information content (AvgIpc) is 2.65. The molecule has 0 atom stereocenters. The molecule has 0 heterocycles. The Labute approximate surface area is 160 Å². The summed E-state index contributed by atoms with van der Waals surface area (Å²) in [5, 5.41) is 0. The minimum absolute atomic E-state index is 0.237. The summed E-state index contributed by atoms with van der Waals surface area (Å²) in [4.78, 5) is 12.0. The van der Waals surface area contributed by atoms with E-state index in [1.807, 2.05) is 19.1 Å². The Balaban J connectivity index is 1.97. The van der Waals surface area contributed by atoms with Gasteiger partial charge in [0, 0.05) is 0 Å². The van der Waals surface area contributed by atoms with Crippen LogP contribution in [0.25, 0.3) is 0 Å². The van der Waals surface area contributed by atoms with E-state index >= 15 is 0 Å². The van der Waals surface area contributed by atoms with Crippen LogP contribution in [0.3, 0.4) is 0 Å². The van der Waals surface area contributed by atoms with Gasteiger partial charge in [0.25, 0.3) is 0 Å². The molecule has 0 fully saturated rings. The number of hydrogen-bond acceptors (Lipinski definition) is 3. The van der Waals surface area contributed by atoms with Crippen molar-refractivity contribution in [2.24, 2.45) is 0 Å². The molecule has 0 radical (unpaired) electrons. The molecule has 0 aliphatic carbocycles. The van der Waals surface area contributed by atoms with Crippen LogP contribution in [0.4, 0.5) is 0 Å². The predicted molar refractivity (Wildman–Crippen MR) is 109 cm³/mol.